The van der Waals surface area contributed by atoms with Crippen molar-refractivity contribution < 1.29 is 9.53 Å². The quantitative estimate of drug-likeness (QED) is 0.461. The number of carbonyl (C=O) groups excluding carboxylic acids is 1. The molecule has 0 fully saturated rings. The molecule has 0 N–H and O–H groups in total. The fraction of sp³-hybridized carbons (Fsp3) is 0.706. The highest BCUT2D eigenvalue weighted by atomic mass is 16.5. The molecule has 0 amide bonds. The van der Waals surface area contributed by atoms with Gasteiger partial charge in [0, 0.05) is 6.92 Å². The predicted molar refractivity (Wildman–Crippen MR) is 82.0 cm³/mol. The Bertz CT molecular complexity index is 320. The van der Waals surface area contributed by atoms with E-state index in [2.05, 4.69) is 46.8 Å². The summed E-state index contributed by atoms with van der Waals surface area (Å²) in [5.74, 6) is 0.963. The Kier molecular flexibility index (Phi) is 9.28. The molecule has 0 bridgehead atoms. The molecule has 1 atom stereocenters. The number of ether oxygens (including phenoxy) is 1. The summed E-state index contributed by atoms with van der Waals surface area (Å²) in [6.45, 7) is 13.0. The van der Waals surface area contributed by atoms with E-state index in [0.717, 1.165) is 19.3 Å². The Balaban J connectivity index is 4.21. The third kappa shape index (κ3) is 10.5. The van der Waals surface area contributed by atoms with Gasteiger partial charge in [0.2, 0.25) is 0 Å². The monoisotopic (exact) mass is 266 g/mol. The lowest BCUT2D eigenvalue weighted by atomic mass is 9.94. The summed E-state index contributed by atoms with van der Waals surface area (Å²) in [5.41, 5.74) is 2.87. The van der Waals surface area contributed by atoms with Gasteiger partial charge in [-0.2, -0.15) is 0 Å². The molecule has 0 radical (unpaired) electrons. The van der Waals surface area contributed by atoms with Gasteiger partial charge in [-0.25, -0.2) is 0 Å². The molecule has 0 aliphatic carbocycles. The number of carbonyl (C=O) groups is 1. The Morgan fingerprint density at radius 3 is 2.21 bits per heavy atom. The van der Waals surface area contributed by atoms with Crippen molar-refractivity contribution in [1.82, 2.24) is 0 Å². The highest BCUT2D eigenvalue weighted by molar-refractivity contribution is 5.65. The zero-order chi connectivity index (χ0) is 14.8. The maximum absolute atomic E-state index is 10.7. The van der Waals surface area contributed by atoms with Crippen LogP contribution in [0.1, 0.15) is 60.8 Å². The Morgan fingerprint density at radius 1 is 1.11 bits per heavy atom. The standard InChI is InChI=1S/C17H30O2/c1-13(2)7-9-17(14(3)4)10-8-15(5)11-12-19-16(6)18/h7,10,14-15H,8-9,11-12H2,1-6H3/b17-10-/t15-/m0/s1. The minimum atomic E-state index is -0.186. The predicted octanol–water partition coefficient (Wildman–Crippen LogP) is 4.90. The van der Waals surface area contributed by atoms with E-state index < -0.39 is 0 Å². The largest absolute Gasteiger partial charge is 0.466 e. The van der Waals surface area contributed by atoms with Gasteiger partial charge in [-0.05, 0) is 44.9 Å². The van der Waals surface area contributed by atoms with E-state index in [0.29, 0.717) is 18.4 Å². The smallest absolute Gasteiger partial charge is 0.302 e. The Hall–Kier alpha value is -1.05. The minimum absolute atomic E-state index is 0.186. The van der Waals surface area contributed by atoms with Crippen LogP contribution < -0.4 is 0 Å². The second-order valence-electron chi connectivity index (χ2n) is 5.89. The third-order valence-electron chi connectivity index (χ3n) is 3.19. The van der Waals surface area contributed by atoms with Crippen LogP contribution in [-0.2, 0) is 9.53 Å². The van der Waals surface area contributed by atoms with Crippen LogP contribution in [0.2, 0.25) is 0 Å². The van der Waals surface area contributed by atoms with E-state index in [-0.39, 0.29) is 5.97 Å². The molecule has 2 nitrogen and oxygen atoms in total. The van der Waals surface area contributed by atoms with Gasteiger partial charge >= 0.3 is 5.97 Å². The number of allylic oxidation sites excluding steroid dienone is 4. The molecule has 0 aromatic carbocycles. The van der Waals surface area contributed by atoms with Crippen molar-refractivity contribution in [3.8, 4) is 0 Å². The van der Waals surface area contributed by atoms with E-state index in [1.807, 2.05) is 0 Å². The lowest BCUT2D eigenvalue weighted by Gasteiger charge is -2.13. The lowest BCUT2D eigenvalue weighted by Crippen LogP contribution is -2.05. The van der Waals surface area contributed by atoms with Crippen molar-refractivity contribution in [1.29, 1.82) is 0 Å². The van der Waals surface area contributed by atoms with Crippen LogP contribution in [0, 0.1) is 11.8 Å². The number of esters is 1. The van der Waals surface area contributed by atoms with E-state index in [1.165, 1.54) is 18.1 Å². The molecule has 0 saturated heterocycles. The first-order chi connectivity index (χ1) is 8.82. The number of hydrogen-bond donors (Lipinski definition) is 0. The van der Waals surface area contributed by atoms with Gasteiger partial charge in [0.15, 0.2) is 0 Å². The molecule has 0 aromatic heterocycles. The van der Waals surface area contributed by atoms with Crippen LogP contribution in [-0.4, -0.2) is 12.6 Å². The molecule has 0 heterocycles. The first-order valence-electron chi connectivity index (χ1n) is 7.28. The molecule has 0 rings (SSSR count). The van der Waals surface area contributed by atoms with E-state index in [1.54, 1.807) is 0 Å². The SMILES string of the molecule is CC(=O)OCC[C@@H](C)C/C=C(/CC=C(C)C)C(C)C. The fourth-order valence-electron chi connectivity index (χ4n) is 1.75. The van der Waals surface area contributed by atoms with Gasteiger partial charge in [-0.1, -0.05) is 44.1 Å². The maximum atomic E-state index is 10.7. The summed E-state index contributed by atoms with van der Waals surface area (Å²) in [4.78, 5) is 10.7. The van der Waals surface area contributed by atoms with Crippen LogP contribution in [0.15, 0.2) is 23.3 Å². The molecule has 2 heteroatoms. The molecule has 0 aliphatic heterocycles. The second kappa shape index (κ2) is 9.82. The summed E-state index contributed by atoms with van der Waals surface area (Å²) in [6.07, 6.45) is 7.70. The molecule has 110 valence electrons. The minimum Gasteiger partial charge on any atom is -0.466 e. The van der Waals surface area contributed by atoms with Crippen molar-refractivity contribution in [3.05, 3.63) is 23.3 Å². The normalized spacial score (nSPS) is 13.3. The molecular weight excluding hydrogens is 236 g/mol. The van der Waals surface area contributed by atoms with Crippen molar-refractivity contribution in [3.63, 3.8) is 0 Å². The Labute approximate surface area is 118 Å². The molecule has 0 aliphatic rings. The third-order valence-corrected chi connectivity index (χ3v) is 3.19. The molecular formula is C17H30O2. The van der Waals surface area contributed by atoms with Gasteiger partial charge in [0.25, 0.3) is 0 Å². The van der Waals surface area contributed by atoms with E-state index in [4.69, 9.17) is 4.74 Å². The van der Waals surface area contributed by atoms with Gasteiger partial charge < -0.3 is 4.74 Å². The van der Waals surface area contributed by atoms with Gasteiger partial charge in [0.05, 0.1) is 6.61 Å². The van der Waals surface area contributed by atoms with Crippen LogP contribution in [0.25, 0.3) is 0 Å². The van der Waals surface area contributed by atoms with Crippen molar-refractivity contribution in [2.45, 2.75) is 60.8 Å². The Morgan fingerprint density at radius 2 is 1.74 bits per heavy atom. The first-order valence-corrected chi connectivity index (χ1v) is 7.28. The highest BCUT2D eigenvalue weighted by Crippen LogP contribution is 2.19. The zero-order valence-electron chi connectivity index (χ0n) is 13.5. The topological polar surface area (TPSA) is 26.3 Å². The summed E-state index contributed by atoms with van der Waals surface area (Å²) in [7, 11) is 0. The molecule has 0 aromatic rings. The van der Waals surface area contributed by atoms with E-state index >= 15 is 0 Å². The molecule has 19 heavy (non-hydrogen) atoms. The zero-order valence-corrected chi connectivity index (χ0v) is 13.5. The fourth-order valence-corrected chi connectivity index (χ4v) is 1.75. The molecule has 0 saturated carbocycles. The van der Waals surface area contributed by atoms with Crippen molar-refractivity contribution >= 4 is 5.97 Å². The van der Waals surface area contributed by atoms with E-state index in [9.17, 15) is 4.79 Å². The molecule has 0 unspecified atom stereocenters. The van der Waals surface area contributed by atoms with Gasteiger partial charge in [-0.15, -0.1) is 0 Å². The summed E-state index contributed by atoms with van der Waals surface area (Å²) >= 11 is 0. The number of hydrogen-bond acceptors (Lipinski definition) is 2. The summed E-state index contributed by atoms with van der Waals surface area (Å²) in [5, 5.41) is 0. The highest BCUT2D eigenvalue weighted by Gasteiger charge is 2.05. The summed E-state index contributed by atoms with van der Waals surface area (Å²) in [6, 6.07) is 0. The lowest BCUT2D eigenvalue weighted by molar-refractivity contribution is -0.141. The summed E-state index contributed by atoms with van der Waals surface area (Å²) < 4.78 is 4.98. The second-order valence-corrected chi connectivity index (χ2v) is 5.89. The number of rotatable bonds is 8. The van der Waals surface area contributed by atoms with Crippen molar-refractivity contribution in [2.75, 3.05) is 6.61 Å². The maximum Gasteiger partial charge on any atom is 0.302 e. The van der Waals surface area contributed by atoms with Crippen LogP contribution in [0.4, 0.5) is 0 Å². The van der Waals surface area contributed by atoms with Crippen molar-refractivity contribution in [2.24, 2.45) is 11.8 Å². The van der Waals surface area contributed by atoms with Crippen LogP contribution >= 0.6 is 0 Å². The van der Waals surface area contributed by atoms with Crippen LogP contribution in [0.5, 0.6) is 0 Å². The van der Waals surface area contributed by atoms with Gasteiger partial charge in [-0.3, -0.25) is 4.79 Å². The van der Waals surface area contributed by atoms with Gasteiger partial charge in [0.1, 0.15) is 0 Å². The van der Waals surface area contributed by atoms with Crippen LogP contribution in [0.3, 0.4) is 0 Å². The first kappa shape index (κ1) is 17.9. The average molecular weight is 266 g/mol. The molecule has 0 spiro atoms. The average Bonchev–Trinajstić information content (AvgIpc) is 2.27.